The smallest absolute Gasteiger partial charge is 0.262 e. The van der Waals surface area contributed by atoms with Crippen molar-refractivity contribution in [3.8, 4) is 0 Å². The first-order chi connectivity index (χ1) is 13.5. The van der Waals surface area contributed by atoms with Gasteiger partial charge in [0.05, 0.1) is 17.2 Å². The van der Waals surface area contributed by atoms with Crippen LogP contribution in [0.5, 0.6) is 0 Å². The van der Waals surface area contributed by atoms with Crippen LogP contribution in [0.25, 0.3) is 0 Å². The number of benzene rings is 2. The molecule has 6 nitrogen and oxygen atoms in total. The Morgan fingerprint density at radius 2 is 1.90 bits per heavy atom. The Bertz CT molecular complexity index is 981. The van der Waals surface area contributed by atoms with Crippen LogP contribution in [0.2, 0.25) is 0 Å². The van der Waals surface area contributed by atoms with Crippen LogP contribution in [0.1, 0.15) is 37.9 Å². The van der Waals surface area contributed by atoms with Crippen LogP contribution >= 0.6 is 12.4 Å². The van der Waals surface area contributed by atoms with Crippen molar-refractivity contribution < 1.29 is 18.8 Å². The number of aryl methyl sites for hydroxylation is 1. The van der Waals surface area contributed by atoms with Crippen LogP contribution in [0.4, 0.5) is 4.39 Å². The summed E-state index contributed by atoms with van der Waals surface area (Å²) in [7, 11) is 0. The lowest BCUT2D eigenvalue weighted by molar-refractivity contribution is -0.134. The summed E-state index contributed by atoms with van der Waals surface area (Å²) in [6.45, 7) is 3.02. The van der Waals surface area contributed by atoms with Gasteiger partial charge in [0, 0.05) is 19.6 Å². The van der Waals surface area contributed by atoms with Gasteiger partial charge in [0.15, 0.2) is 0 Å². The number of hydrogen-bond acceptors (Lipinski definition) is 4. The molecule has 0 radical (unpaired) electrons. The normalized spacial score (nSPS) is 18.5. The summed E-state index contributed by atoms with van der Waals surface area (Å²) in [4.78, 5) is 40.9. The highest BCUT2D eigenvalue weighted by Gasteiger charge is 2.38. The monoisotopic (exact) mass is 417 g/mol. The van der Waals surface area contributed by atoms with E-state index in [2.05, 4.69) is 5.32 Å². The molecule has 2 aliphatic heterocycles. The summed E-state index contributed by atoms with van der Waals surface area (Å²) in [6, 6.07) is 10.8. The molecule has 1 atom stereocenters. The summed E-state index contributed by atoms with van der Waals surface area (Å²) in [5.41, 5.74) is 2.21. The van der Waals surface area contributed by atoms with Crippen molar-refractivity contribution in [3.63, 3.8) is 0 Å². The fraction of sp³-hybridized carbons (Fsp3) is 0.286. The van der Waals surface area contributed by atoms with E-state index in [1.165, 1.54) is 12.1 Å². The van der Waals surface area contributed by atoms with Gasteiger partial charge in [-0.2, -0.15) is 0 Å². The molecule has 1 saturated heterocycles. The first-order valence-electron chi connectivity index (χ1n) is 9.18. The molecule has 3 amide bonds. The van der Waals surface area contributed by atoms with E-state index < -0.39 is 11.8 Å². The molecule has 0 bridgehead atoms. The summed E-state index contributed by atoms with van der Waals surface area (Å²) in [5.74, 6) is -1.60. The summed E-state index contributed by atoms with van der Waals surface area (Å²) < 4.78 is 13.6. The number of hydrogen-bond donors (Lipinski definition) is 1. The minimum atomic E-state index is -0.453. The van der Waals surface area contributed by atoms with Crippen molar-refractivity contribution in [2.45, 2.75) is 13.0 Å². The van der Waals surface area contributed by atoms with Crippen molar-refractivity contribution in [2.24, 2.45) is 0 Å². The molecule has 4 rings (SSSR count). The Morgan fingerprint density at radius 3 is 2.66 bits per heavy atom. The zero-order chi connectivity index (χ0) is 19.8. The van der Waals surface area contributed by atoms with Crippen molar-refractivity contribution in [3.05, 3.63) is 70.5 Å². The Labute approximate surface area is 174 Å². The van der Waals surface area contributed by atoms with E-state index in [9.17, 15) is 18.8 Å². The molecule has 0 aromatic heterocycles. The number of piperazine rings is 1. The number of rotatable bonds is 3. The van der Waals surface area contributed by atoms with E-state index in [1.54, 1.807) is 35.2 Å². The third-order valence-corrected chi connectivity index (χ3v) is 5.22. The molecular formula is C21H21ClFN3O3. The Kier molecular flexibility index (Phi) is 6.00. The largest absolute Gasteiger partial charge is 0.332 e. The van der Waals surface area contributed by atoms with Gasteiger partial charge in [0.25, 0.3) is 11.8 Å². The lowest BCUT2D eigenvalue weighted by atomic mass is 10.0. The highest BCUT2D eigenvalue weighted by atomic mass is 35.5. The molecule has 152 valence electrons. The number of carbonyl (C=O) groups is 3. The molecule has 1 fully saturated rings. The van der Waals surface area contributed by atoms with E-state index in [4.69, 9.17) is 0 Å². The molecule has 0 aliphatic carbocycles. The number of nitrogens with one attached hydrogen (secondary N) is 1. The number of carbonyl (C=O) groups excluding carboxylic acids is 3. The third-order valence-electron chi connectivity index (χ3n) is 5.22. The van der Waals surface area contributed by atoms with Crippen molar-refractivity contribution in [1.29, 1.82) is 0 Å². The van der Waals surface area contributed by atoms with Crippen LogP contribution in [0.15, 0.2) is 42.5 Å². The van der Waals surface area contributed by atoms with Gasteiger partial charge in [0.2, 0.25) is 5.91 Å². The molecule has 29 heavy (non-hydrogen) atoms. The van der Waals surface area contributed by atoms with Crippen LogP contribution in [-0.2, 0) is 4.79 Å². The second-order valence-corrected chi connectivity index (χ2v) is 7.11. The number of fused-ring (bicyclic) bond motifs is 1. The molecular weight excluding hydrogens is 397 g/mol. The van der Waals surface area contributed by atoms with E-state index >= 15 is 0 Å². The summed E-state index contributed by atoms with van der Waals surface area (Å²) in [5, 5.41) is 3.21. The molecule has 2 aromatic carbocycles. The number of amides is 3. The van der Waals surface area contributed by atoms with Gasteiger partial charge in [-0.15, -0.1) is 12.4 Å². The van der Waals surface area contributed by atoms with Gasteiger partial charge in [-0.3, -0.25) is 19.3 Å². The Morgan fingerprint density at radius 1 is 1.14 bits per heavy atom. The summed E-state index contributed by atoms with van der Waals surface area (Å²) in [6.07, 6.45) is 0. The van der Waals surface area contributed by atoms with Gasteiger partial charge in [0.1, 0.15) is 12.4 Å². The second-order valence-electron chi connectivity index (χ2n) is 7.11. The zero-order valence-corrected chi connectivity index (χ0v) is 16.7. The molecule has 2 aromatic rings. The molecule has 1 N–H and O–H groups in total. The lowest BCUT2D eigenvalue weighted by Crippen LogP contribution is -2.52. The standard InChI is InChI=1S/C21H20FN3O3.ClH/c1-13-5-6-16-17(9-13)21(28)25(20(16)27)12-19(26)24-8-7-23-11-18(24)14-3-2-4-15(22)10-14;/h2-6,9-10,18,23H,7-8,11-12H2,1H3;1H. The average Bonchev–Trinajstić information content (AvgIpc) is 2.92. The maximum Gasteiger partial charge on any atom is 0.262 e. The fourth-order valence-corrected chi connectivity index (χ4v) is 3.79. The average molecular weight is 418 g/mol. The molecule has 1 unspecified atom stereocenters. The highest BCUT2D eigenvalue weighted by molar-refractivity contribution is 6.22. The van der Waals surface area contributed by atoms with Crippen LogP contribution in [-0.4, -0.2) is 53.7 Å². The SMILES string of the molecule is Cc1ccc2c(c1)C(=O)N(CC(=O)N1CCNCC1c1cccc(F)c1)C2=O.Cl. The predicted molar refractivity (Wildman–Crippen MR) is 108 cm³/mol. The topological polar surface area (TPSA) is 69.7 Å². The predicted octanol–water partition coefficient (Wildman–Crippen LogP) is 2.33. The number of imide groups is 1. The van der Waals surface area contributed by atoms with Crippen molar-refractivity contribution >= 4 is 30.1 Å². The van der Waals surface area contributed by atoms with E-state index in [-0.39, 0.29) is 36.7 Å². The van der Waals surface area contributed by atoms with Gasteiger partial charge in [-0.05, 0) is 36.8 Å². The molecule has 0 spiro atoms. The maximum absolute atomic E-state index is 13.6. The van der Waals surface area contributed by atoms with Crippen LogP contribution in [0.3, 0.4) is 0 Å². The number of nitrogens with zero attached hydrogens (tertiary/aromatic N) is 2. The number of halogens is 2. The molecule has 0 saturated carbocycles. The Balaban J connectivity index is 0.00000240. The first kappa shape index (κ1) is 21.0. The van der Waals surface area contributed by atoms with Gasteiger partial charge in [-0.25, -0.2) is 4.39 Å². The van der Waals surface area contributed by atoms with Crippen LogP contribution in [0, 0.1) is 12.7 Å². The van der Waals surface area contributed by atoms with E-state index in [1.807, 2.05) is 6.92 Å². The highest BCUT2D eigenvalue weighted by Crippen LogP contribution is 2.26. The van der Waals surface area contributed by atoms with E-state index in [0.29, 0.717) is 36.3 Å². The maximum atomic E-state index is 13.6. The Hall–Kier alpha value is -2.77. The van der Waals surface area contributed by atoms with Gasteiger partial charge >= 0.3 is 0 Å². The van der Waals surface area contributed by atoms with Crippen LogP contribution < -0.4 is 5.32 Å². The zero-order valence-electron chi connectivity index (χ0n) is 15.9. The van der Waals surface area contributed by atoms with E-state index in [0.717, 1.165) is 10.5 Å². The molecule has 2 aliphatic rings. The lowest BCUT2D eigenvalue weighted by Gasteiger charge is -2.37. The second kappa shape index (κ2) is 8.31. The molecule has 2 heterocycles. The van der Waals surface area contributed by atoms with Gasteiger partial charge < -0.3 is 10.2 Å². The fourth-order valence-electron chi connectivity index (χ4n) is 3.79. The molecule has 8 heteroatoms. The van der Waals surface area contributed by atoms with Crippen molar-refractivity contribution in [1.82, 2.24) is 15.1 Å². The minimum absolute atomic E-state index is 0. The first-order valence-corrected chi connectivity index (χ1v) is 9.18. The van der Waals surface area contributed by atoms with Crippen molar-refractivity contribution in [2.75, 3.05) is 26.2 Å². The van der Waals surface area contributed by atoms with Gasteiger partial charge in [-0.1, -0.05) is 23.8 Å². The quantitative estimate of drug-likeness (QED) is 0.778. The third kappa shape index (κ3) is 3.88. The summed E-state index contributed by atoms with van der Waals surface area (Å²) >= 11 is 0. The minimum Gasteiger partial charge on any atom is -0.332 e.